The van der Waals surface area contributed by atoms with Gasteiger partial charge in [0.25, 0.3) is 0 Å². The van der Waals surface area contributed by atoms with E-state index in [4.69, 9.17) is 11.6 Å². The molecule has 0 spiro atoms. The van der Waals surface area contributed by atoms with Crippen molar-refractivity contribution >= 4 is 39.9 Å². The Kier molecular flexibility index (Phi) is 4.44. The van der Waals surface area contributed by atoms with Gasteiger partial charge in [0.1, 0.15) is 0 Å². The van der Waals surface area contributed by atoms with Crippen LogP contribution in [0, 0.1) is 5.82 Å². The maximum atomic E-state index is 14.3. The highest BCUT2D eigenvalue weighted by molar-refractivity contribution is 6.28. The summed E-state index contributed by atoms with van der Waals surface area (Å²) in [5.74, 6) is -0.663. The molecule has 2 heterocycles. The van der Waals surface area contributed by atoms with Crippen molar-refractivity contribution in [3.63, 3.8) is 0 Å². The Morgan fingerprint density at radius 2 is 2.17 bits per heavy atom. The highest BCUT2D eigenvalue weighted by atomic mass is 35.5. The monoisotopic (exact) mass is 347 g/mol. The van der Waals surface area contributed by atoms with Crippen LogP contribution >= 0.6 is 11.6 Å². The van der Waals surface area contributed by atoms with Gasteiger partial charge in [0.15, 0.2) is 11.6 Å². The molecule has 24 heavy (non-hydrogen) atoms. The Bertz CT molecular complexity index is 911. The van der Waals surface area contributed by atoms with Gasteiger partial charge < -0.3 is 4.90 Å². The molecule has 2 aromatic heterocycles. The van der Waals surface area contributed by atoms with Crippen molar-refractivity contribution < 1.29 is 9.18 Å². The van der Waals surface area contributed by atoms with Gasteiger partial charge >= 0.3 is 0 Å². The minimum absolute atomic E-state index is 0.0286. The summed E-state index contributed by atoms with van der Waals surface area (Å²) >= 11 is 5.84. The third-order valence-electron chi connectivity index (χ3n) is 3.58. The number of carbonyl (C=O) groups excluding carboxylic acids is 1. The van der Waals surface area contributed by atoms with Crippen LogP contribution in [0.4, 0.5) is 15.9 Å². The van der Waals surface area contributed by atoms with Crippen LogP contribution < -0.4 is 4.90 Å². The molecule has 0 saturated carbocycles. The van der Waals surface area contributed by atoms with Gasteiger partial charge in [-0.3, -0.25) is 4.79 Å². The van der Waals surface area contributed by atoms with Crippen molar-refractivity contribution in [2.24, 2.45) is 0 Å². The number of benzene rings is 1. The highest BCUT2D eigenvalue weighted by Gasteiger charge is 2.20. The van der Waals surface area contributed by atoms with Gasteiger partial charge in [-0.05, 0) is 30.2 Å². The number of halogens is 2. The summed E-state index contributed by atoms with van der Waals surface area (Å²) in [5.41, 5.74) is 1.36. The molecule has 0 bridgehead atoms. The Balaban J connectivity index is 2.21. The summed E-state index contributed by atoms with van der Waals surface area (Å²) in [6.07, 6.45) is 3.40. The van der Waals surface area contributed by atoms with E-state index in [2.05, 4.69) is 15.1 Å². The number of aromatic nitrogens is 4. The first-order valence-electron chi connectivity index (χ1n) is 7.46. The minimum atomic E-state index is -0.566. The van der Waals surface area contributed by atoms with E-state index < -0.39 is 5.82 Å². The van der Waals surface area contributed by atoms with Crippen LogP contribution in [0.2, 0.25) is 5.28 Å². The summed E-state index contributed by atoms with van der Waals surface area (Å²) in [6, 6.07) is 5.42. The Morgan fingerprint density at radius 3 is 2.88 bits per heavy atom. The third-order valence-corrected chi connectivity index (χ3v) is 3.76. The molecule has 3 rings (SSSR count). The molecule has 3 aromatic rings. The lowest BCUT2D eigenvalue weighted by Gasteiger charge is -2.24. The van der Waals surface area contributed by atoms with E-state index in [1.807, 2.05) is 13.0 Å². The summed E-state index contributed by atoms with van der Waals surface area (Å²) in [5, 5.41) is 4.82. The summed E-state index contributed by atoms with van der Waals surface area (Å²) < 4.78 is 15.6. The Hall–Kier alpha value is -2.54. The molecular formula is C16H15ClFN5O. The van der Waals surface area contributed by atoms with E-state index in [0.717, 1.165) is 18.0 Å². The van der Waals surface area contributed by atoms with Crippen molar-refractivity contribution in [1.29, 1.82) is 0 Å². The molecule has 124 valence electrons. The van der Waals surface area contributed by atoms with Gasteiger partial charge in [0, 0.05) is 18.9 Å². The van der Waals surface area contributed by atoms with Crippen LogP contribution in [-0.4, -0.2) is 32.2 Å². The third kappa shape index (κ3) is 2.82. The maximum Gasteiger partial charge on any atom is 0.244 e. The number of anilines is 2. The quantitative estimate of drug-likeness (QED) is 0.671. The van der Waals surface area contributed by atoms with E-state index in [1.54, 1.807) is 23.2 Å². The van der Waals surface area contributed by atoms with E-state index in [1.165, 1.54) is 11.6 Å². The first-order valence-corrected chi connectivity index (χ1v) is 7.84. The number of fused-ring (bicyclic) bond motifs is 1. The molecule has 0 radical (unpaired) electrons. The van der Waals surface area contributed by atoms with Crippen molar-refractivity contribution in [1.82, 2.24) is 19.7 Å². The molecule has 0 N–H and O–H groups in total. The molecule has 0 fully saturated rings. The summed E-state index contributed by atoms with van der Waals surface area (Å²) in [6.45, 7) is 3.94. The van der Waals surface area contributed by atoms with E-state index in [-0.39, 0.29) is 17.0 Å². The van der Waals surface area contributed by atoms with Crippen molar-refractivity contribution in [2.45, 2.75) is 20.3 Å². The number of carbonyl (C=O) groups is 1. The number of rotatable bonds is 4. The molecule has 0 unspecified atom stereocenters. The van der Waals surface area contributed by atoms with Crippen molar-refractivity contribution in [3.05, 3.63) is 41.7 Å². The average Bonchev–Trinajstić information content (AvgIpc) is 2.99. The summed E-state index contributed by atoms with van der Waals surface area (Å²) in [4.78, 5) is 21.1. The van der Waals surface area contributed by atoms with Gasteiger partial charge in [-0.25, -0.2) is 14.1 Å². The fourth-order valence-electron chi connectivity index (χ4n) is 2.61. The zero-order valence-electron chi connectivity index (χ0n) is 13.2. The molecule has 8 heteroatoms. The molecule has 1 aromatic carbocycles. The lowest BCUT2D eigenvalue weighted by molar-refractivity contribution is 0.0927. The van der Waals surface area contributed by atoms with Crippen LogP contribution in [0.1, 0.15) is 25.1 Å². The van der Waals surface area contributed by atoms with Gasteiger partial charge in [0.2, 0.25) is 11.2 Å². The fourth-order valence-corrected chi connectivity index (χ4v) is 2.74. The predicted octanol–water partition coefficient (Wildman–Crippen LogP) is 3.83. The fraction of sp³-hybridized carbons (Fsp3) is 0.250. The Morgan fingerprint density at radius 1 is 1.38 bits per heavy atom. The topological polar surface area (TPSA) is 63.9 Å². The molecule has 0 aliphatic rings. The van der Waals surface area contributed by atoms with Crippen LogP contribution in [0.3, 0.4) is 0 Å². The molecule has 0 aliphatic carbocycles. The molecule has 0 saturated heterocycles. The first-order chi connectivity index (χ1) is 11.5. The normalized spacial score (nSPS) is 11.0. The minimum Gasteiger partial charge on any atom is -0.323 e. The van der Waals surface area contributed by atoms with Crippen LogP contribution in [0.15, 0.2) is 30.6 Å². The standard InChI is InChI=1S/C16H15ClFN5O/c1-3-7-22(15-12(18)9-19-16(17)21-15)13-5-4-6-14-11(13)8-20-23(14)10(2)24/h4-6,8-9H,3,7H2,1-2H3. The van der Waals surface area contributed by atoms with Gasteiger partial charge in [-0.2, -0.15) is 10.1 Å². The molecule has 0 aliphatic heterocycles. The first kappa shape index (κ1) is 16.3. The molecular weight excluding hydrogens is 333 g/mol. The van der Waals surface area contributed by atoms with Crippen molar-refractivity contribution in [3.8, 4) is 0 Å². The number of hydrogen-bond acceptors (Lipinski definition) is 5. The number of hydrogen-bond donors (Lipinski definition) is 0. The number of nitrogens with zero attached hydrogens (tertiary/aromatic N) is 5. The van der Waals surface area contributed by atoms with Gasteiger partial charge in [-0.15, -0.1) is 0 Å². The zero-order valence-corrected chi connectivity index (χ0v) is 14.0. The molecule has 0 atom stereocenters. The van der Waals surface area contributed by atoms with Crippen molar-refractivity contribution in [2.75, 3.05) is 11.4 Å². The predicted molar refractivity (Wildman–Crippen MR) is 90.3 cm³/mol. The second kappa shape index (κ2) is 6.52. The van der Waals surface area contributed by atoms with Gasteiger partial charge in [0.05, 0.1) is 23.6 Å². The van der Waals surface area contributed by atoms with Crippen LogP contribution in [0.5, 0.6) is 0 Å². The van der Waals surface area contributed by atoms with E-state index in [9.17, 15) is 9.18 Å². The summed E-state index contributed by atoms with van der Waals surface area (Å²) in [7, 11) is 0. The van der Waals surface area contributed by atoms with Gasteiger partial charge in [-0.1, -0.05) is 13.0 Å². The molecule has 6 nitrogen and oxygen atoms in total. The lowest BCUT2D eigenvalue weighted by atomic mass is 10.2. The SMILES string of the molecule is CCCN(c1nc(Cl)ncc1F)c1cccc2c1cnn2C(C)=O. The average molecular weight is 348 g/mol. The van der Waals surface area contributed by atoms with Crippen LogP contribution in [-0.2, 0) is 0 Å². The smallest absolute Gasteiger partial charge is 0.244 e. The van der Waals surface area contributed by atoms with E-state index >= 15 is 0 Å². The Labute approximate surface area is 142 Å². The second-order valence-electron chi connectivity index (χ2n) is 5.25. The molecule has 0 amide bonds. The zero-order chi connectivity index (χ0) is 17.3. The highest BCUT2D eigenvalue weighted by Crippen LogP contribution is 2.33. The largest absolute Gasteiger partial charge is 0.323 e. The lowest BCUT2D eigenvalue weighted by Crippen LogP contribution is -2.21. The van der Waals surface area contributed by atoms with E-state index in [0.29, 0.717) is 17.7 Å². The van der Waals surface area contributed by atoms with Crippen LogP contribution in [0.25, 0.3) is 10.9 Å². The second-order valence-corrected chi connectivity index (χ2v) is 5.59. The maximum absolute atomic E-state index is 14.3.